The molecule has 3 atom stereocenters. The maximum absolute atomic E-state index is 13.1. The maximum Gasteiger partial charge on any atom is 0.330 e. The van der Waals surface area contributed by atoms with E-state index >= 15 is 0 Å². The van der Waals surface area contributed by atoms with Crippen LogP contribution in [0.5, 0.6) is 0 Å². The van der Waals surface area contributed by atoms with Gasteiger partial charge in [-0.1, -0.05) is 27.7 Å². The highest BCUT2D eigenvalue weighted by Gasteiger charge is 2.57. The quantitative estimate of drug-likeness (QED) is 0.294. The molecule has 0 radical (unpaired) electrons. The first-order valence-corrected chi connectivity index (χ1v) is 14.4. The van der Waals surface area contributed by atoms with E-state index in [4.69, 9.17) is 13.9 Å². The third kappa shape index (κ3) is 6.79. The Balaban J connectivity index is 3.14. The Morgan fingerprint density at radius 1 is 0.938 bits per heavy atom. The number of β-lactam (4-membered cyclic amide) rings is 1. The first kappa shape index (κ1) is 28.6. The molecule has 0 aromatic rings. The minimum absolute atomic E-state index is 0.0360. The van der Waals surface area contributed by atoms with Gasteiger partial charge < -0.3 is 18.8 Å². The number of ether oxygens (including phenoxy) is 2. The summed E-state index contributed by atoms with van der Waals surface area (Å²) < 4.78 is 17.5. The van der Waals surface area contributed by atoms with Crippen molar-refractivity contribution in [2.45, 2.75) is 118 Å². The van der Waals surface area contributed by atoms with Crippen LogP contribution in [0.25, 0.3) is 0 Å². The molecule has 0 aliphatic carbocycles. The van der Waals surface area contributed by atoms with Gasteiger partial charge in [-0.15, -0.1) is 0 Å². The second-order valence-corrected chi connectivity index (χ2v) is 16.8. The Bertz CT molecular complexity index is 717. The molecule has 1 rings (SSSR count). The number of carbonyl (C=O) groups excluding carboxylic acids is 3. The third-order valence-electron chi connectivity index (χ3n) is 6.59. The maximum atomic E-state index is 13.1. The van der Waals surface area contributed by atoms with Gasteiger partial charge in [0.2, 0.25) is 5.91 Å². The van der Waals surface area contributed by atoms with E-state index in [1.165, 1.54) is 4.90 Å². The van der Waals surface area contributed by atoms with E-state index in [2.05, 4.69) is 40.8 Å². The lowest BCUT2D eigenvalue weighted by atomic mass is 9.83. The van der Waals surface area contributed by atoms with Gasteiger partial charge in [0.1, 0.15) is 23.8 Å². The van der Waals surface area contributed by atoms with Crippen LogP contribution in [-0.4, -0.2) is 61.0 Å². The Morgan fingerprint density at radius 3 is 1.81 bits per heavy atom. The van der Waals surface area contributed by atoms with E-state index in [1.54, 1.807) is 41.5 Å². The molecule has 8 heteroatoms. The number of carbonyl (C=O) groups is 3. The van der Waals surface area contributed by atoms with Gasteiger partial charge in [-0.2, -0.15) is 0 Å². The van der Waals surface area contributed by atoms with Crippen LogP contribution in [0.1, 0.15) is 76.2 Å². The Labute approximate surface area is 195 Å². The zero-order valence-corrected chi connectivity index (χ0v) is 23.4. The smallest absolute Gasteiger partial charge is 0.330 e. The number of nitrogens with zero attached hydrogens (tertiary/aromatic N) is 1. The summed E-state index contributed by atoms with van der Waals surface area (Å²) in [5.74, 6) is -1.65. The van der Waals surface area contributed by atoms with Crippen LogP contribution in [0.2, 0.25) is 18.1 Å². The number of esters is 2. The average molecular weight is 472 g/mol. The van der Waals surface area contributed by atoms with Crippen molar-refractivity contribution in [3.05, 3.63) is 0 Å². The lowest BCUT2D eigenvalue weighted by Gasteiger charge is -2.51. The molecule has 1 saturated heterocycles. The Kier molecular flexibility index (Phi) is 8.45. The molecule has 0 aromatic carbocycles. The Morgan fingerprint density at radius 2 is 1.41 bits per heavy atom. The standard InChI is InChI=1S/C24H45NO6Si/c1-15(2)24(10,11)32(12,13)31-16(3)18-19(21(28)30-23(7,8)9)25(20(18)27)14-17(26)29-22(4,5)6/h15-16,18-19H,14H2,1-13H3/t16-,18-,19+/m1/s1. The molecular formula is C24H45NO6Si. The molecule has 0 N–H and O–H groups in total. The number of likely N-dealkylation sites (tertiary alicyclic amines) is 1. The number of rotatable bonds is 8. The molecule has 1 aliphatic heterocycles. The van der Waals surface area contributed by atoms with E-state index in [0.717, 1.165) is 0 Å². The summed E-state index contributed by atoms with van der Waals surface area (Å²) in [4.78, 5) is 39.8. The molecule has 0 unspecified atom stereocenters. The molecule has 1 aliphatic rings. The van der Waals surface area contributed by atoms with Crippen LogP contribution in [0.4, 0.5) is 0 Å². The summed E-state index contributed by atoms with van der Waals surface area (Å²) in [7, 11) is -2.24. The molecule has 0 aromatic heterocycles. The molecular weight excluding hydrogens is 426 g/mol. The molecule has 0 spiro atoms. The fourth-order valence-electron chi connectivity index (χ4n) is 3.74. The highest BCUT2D eigenvalue weighted by Crippen LogP contribution is 2.46. The van der Waals surface area contributed by atoms with Crippen LogP contribution < -0.4 is 0 Å². The van der Waals surface area contributed by atoms with Crippen molar-refractivity contribution in [1.29, 1.82) is 0 Å². The van der Waals surface area contributed by atoms with Crippen molar-refractivity contribution < 1.29 is 28.3 Å². The highest BCUT2D eigenvalue weighted by atomic mass is 28.4. The van der Waals surface area contributed by atoms with Crippen molar-refractivity contribution in [3.63, 3.8) is 0 Å². The zero-order valence-electron chi connectivity index (χ0n) is 22.4. The van der Waals surface area contributed by atoms with Crippen LogP contribution in [0, 0.1) is 11.8 Å². The number of hydrogen-bond donors (Lipinski definition) is 0. The highest BCUT2D eigenvalue weighted by molar-refractivity contribution is 6.74. The molecule has 0 saturated carbocycles. The largest absolute Gasteiger partial charge is 0.459 e. The normalized spacial score (nSPS) is 21.3. The van der Waals surface area contributed by atoms with Crippen molar-refractivity contribution in [2.24, 2.45) is 11.8 Å². The second kappa shape index (κ2) is 9.45. The first-order valence-electron chi connectivity index (χ1n) is 11.5. The Hall–Kier alpha value is -1.41. The van der Waals surface area contributed by atoms with Crippen LogP contribution in [-0.2, 0) is 28.3 Å². The average Bonchev–Trinajstić information content (AvgIpc) is 2.52. The van der Waals surface area contributed by atoms with Gasteiger partial charge in [0, 0.05) is 0 Å². The van der Waals surface area contributed by atoms with Crippen LogP contribution >= 0.6 is 0 Å². The summed E-state index contributed by atoms with van der Waals surface area (Å²) in [5.41, 5.74) is -1.39. The van der Waals surface area contributed by atoms with E-state index < -0.39 is 49.5 Å². The third-order valence-corrected chi connectivity index (χ3v) is 11.2. The minimum Gasteiger partial charge on any atom is -0.459 e. The summed E-state index contributed by atoms with van der Waals surface area (Å²) in [6, 6.07) is -0.879. The van der Waals surface area contributed by atoms with Crippen LogP contribution in [0.3, 0.4) is 0 Å². The summed E-state index contributed by atoms with van der Waals surface area (Å²) in [6.07, 6.45) is -0.477. The van der Waals surface area contributed by atoms with E-state index in [0.29, 0.717) is 5.92 Å². The minimum atomic E-state index is -2.24. The topological polar surface area (TPSA) is 82.1 Å². The monoisotopic (exact) mass is 471 g/mol. The summed E-state index contributed by atoms with van der Waals surface area (Å²) in [6.45, 7) is 25.2. The SMILES string of the molecule is CC(C)C(C)(C)[Si](C)(C)O[C@H](C)[C@H]1C(=O)N(CC(=O)OC(C)(C)C)[C@@H]1C(=O)OC(C)(C)C. The number of hydrogen-bond acceptors (Lipinski definition) is 6. The zero-order chi connectivity index (χ0) is 25.4. The van der Waals surface area contributed by atoms with Gasteiger partial charge in [-0.3, -0.25) is 9.59 Å². The van der Waals surface area contributed by atoms with E-state index in [9.17, 15) is 14.4 Å². The molecule has 32 heavy (non-hydrogen) atoms. The van der Waals surface area contributed by atoms with Gasteiger partial charge in [-0.25, -0.2) is 4.79 Å². The van der Waals surface area contributed by atoms with Crippen molar-refractivity contribution >= 4 is 26.2 Å². The van der Waals surface area contributed by atoms with Crippen molar-refractivity contribution in [2.75, 3.05) is 6.54 Å². The van der Waals surface area contributed by atoms with Gasteiger partial charge in [0.15, 0.2) is 8.32 Å². The molecule has 1 amide bonds. The fourth-order valence-corrected chi connectivity index (χ4v) is 6.51. The first-order chi connectivity index (χ1) is 14.1. The predicted molar refractivity (Wildman–Crippen MR) is 128 cm³/mol. The van der Waals surface area contributed by atoms with E-state index in [-0.39, 0.29) is 17.5 Å². The summed E-state index contributed by atoms with van der Waals surface area (Å²) in [5, 5.41) is -0.0360. The lowest BCUT2D eigenvalue weighted by molar-refractivity contribution is -0.190. The van der Waals surface area contributed by atoms with E-state index in [1.807, 2.05) is 6.92 Å². The van der Waals surface area contributed by atoms with Gasteiger partial charge >= 0.3 is 11.9 Å². The fraction of sp³-hybridized carbons (Fsp3) is 0.875. The molecule has 1 fully saturated rings. The number of amides is 1. The molecule has 0 bridgehead atoms. The molecule has 1 heterocycles. The molecule has 186 valence electrons. The summed E-state index contributed by atoms with van der Waals surface area (Å²) >= 11 is 0. The van der Waals surface area contributed by atoms with Crippen LogP contribution in [0.15, 0.2) is 0 Å². The van der Waals surface area contributed by atoms with Gasteiger partial charge in [-0.05, 0) is 72.5 Å². The second-order valence-electron chi connectivity index (χ2n) is 12.3. The predicted octanol–water partition coefficient (Wildman–Crippen LogP) is 4.54. The molecule has 7 nitrogen and oxygen atoms in total. The van der Waals surface area contributed by atoms with Gasteiger partial charge in [0.25, 0.3) is 0 Å². The van der Waals surface area contributed by atoms with Gasteiger partial charge in [0.05, 0.1) is 12.0 Å². The van der Waals surface area contributed by atoms with Crippen molar-refractivity contribution in [3.8, 4) is 0 Å². The van der Waals surface area contributed by atoms with Crippen molar-refractivity contribution in [1.82, 2.24) is 4.90 Å². The lowest BCUT2D eigenvalue weighted by Crippen LogP contribution is -2.70.